The minimum absolute atomic E-state index is 0.121. The molecule has 0 unspecified atom stereocenters. The van der Waals surface area contributed by atoms with Gasteiger partial charge in [0, 0.05) is 37.0 Å². The molecule has 2 amide bonds. The van der Waals surface area contributed by atoms with Crippen LogP contribution in [0.25, 0.3) is 0 Å². The van der Waals surface area contributed by atoms with Crippen molar-refractivity contribution in [3.63, 3.8) is 0 Å². The summed E-state index contributed by atoms with van der Waals surface area (Å²) >= 11 is 6.27. The fourth-order valence-electron chi connectivity index (χ4n) is 4.03. The van der Waals surface area contributed by atoms with Crippen LogP contribution in [0.2, 0.25) is 5.02 Å². The van der Waals surface area contributed by atoms with Gasteiger partial charge in [0.25, 0.3) is 5.91 Å². The largest absolute Gasteiger partial charge is 0.444 e. The molecule has 1 saturated heterocycles. The highest BCUT2D eigenvalue weighted by Gasteiger charge is 2.28. The second kappa shape index (κ2) is 11.7. The molecule has 38 heavy (non-hydrogen) atoms. The third-order valence-corrected chi connectivity index (χ3v) is 6.18. The lowest BCUT2D eigenvalue weighted by Crippen LogP contribution is -2.42. The van der Waals surface area contributed by atoms with Crippen LogP contribution in [0.5, 0.6) is 0 Å². The number of ether oxygens (including phenoxy) is 1. The fraction of sp³-hybridized carbons (Fsp3) is 0.357. The van der Waals surface area contributed by atoms with Crippen molar-refractivity contribution in [1.29, 1.82) is 0 Å². The van der Waals surface area contributed by atoms with Crippen LogP contribution in [0.15, 0.2) is 48.8 Å². The Labute approximate surface area is 226 Å². The van der Waals surface area contributed by atoms with Gasteiger partial charge in [-0.25, -0.2) is 14.2 Å². The van der Waals surface area contributed by atoms with Crippen molar-refractivity contribution >= 4 is 29.4 Å². The predicted molar refractivity (Wildman–Crippen MR) is 142 cm³/mol. The van der Waals surface area contributed by atoms with E-state index in [0.717, 1.165) is 18.4 Å². The second-order valence-electron chi connectivity index (χ2n) is 10.1. The Kier molecular flexibility index (Phi) is 8.32. The van der Waals surface area contributed by atoms with Crippen molar-refractivity contribution in [1.82, 2.24) is 19.7 Å². The highest BCUT2D eigenvalue weighted by molar-refractivity contribution is 6.34. The van der Waals surface area contributed by atoms with Crippen molar-refractivity contribution in [3.8, 4) is 11.8 Å². The van der Waals surface area contributed by atoms with E-state index in [9.17, 15) is 14.0 Å². The van der Waals surface area contributed by atoms with E-state index in [1.54, 1.807) is 4.90 Å². The summed E-state index contributed by atoms with van der Waals surface area (Å²) in [6, 6.07) is 10.5. The van der Waals surface area contributed by atoms with Crippen LogP contribution >= 0.6 is 11.6 Å². The maximum atomic E-state index is 14.7. The Balaban J connectivity index is 1.38. The molecule has 0 bridgehead atoms. The Morgan fingerprint density at radius 1 is 1.13 bits per heavy atom. The number of halogens is 2. The van der Waals surface area contributed by atoms with Crippen LogP contribution in [0.4, 0.5) is 15.0 Å². The van der Waals surface area contributed by atoms with Gasteiger partial charge in [-0.1, -0.05) is 41.6 Å². The van der Waals surface area contributed by atoms with E-state index in [0.29, 0.717) is 25.2 Å². The third-order valence-electron chi connectivity index (χ3n) is 5.91. The molecule has 2 aromatic heterocycles. The first-order valence-corrected chi connectivity index (χ1v) is 12.7. The zero-order valence-electron chi connectivity index (χ0n) is 21.5. The molecule has 0 radical (unpaired) electrons. The summed E-state index contributed by atoms with van der Waals surface area (Å²) in [6.07, 6.45) is 3.90. The molecule has 10 heteroatoms. The van der Waals surface area contributed by atoms with Gasteiger partial charge in [-0.2, -0.15) is 5.10 Å². The third kappa shape index (κ3) is 7.11. The Morgan fingerprint density at radius 3 is 2.47 bits per heavy atom. The van der Waals surface area contributed by atoms with Crippen molar-refractivity contribution in [2.24, 2.45) is 5.92 Å². The van der Waals surface area contributed by atoms with Gasteiger partial charge in [-0.3, -0.25) is 9.48 Å². The summed E-state index contributed by atoms with van der Waals surface area (Å²) in [4.78, 5) is 31.1. The Bertz CT molecular complexity index is 1370. The molecule has 0 spiro atoms. The van der Waals surface area contributed by atoms with Gasteiger partial charge < -0.3 is 15.0 Å². The highest BCUT2D eigenvalue weighted by Crippen LogP contribution is 2.24. The fourth-order valence-corrected chi connectivity index (χ4v) is 4.25. The van der Waals surface area contributed by atoms with Crippen molar-refractivity contribution in [2.45, 2.75) is 45.8 Å². The molecular formula is C28H29ClFN5O3. The monoisotopic (exact) mass is 537 g/mol. The first kappa shape index (κ1) is 27.1. The quantitative estimate of drug-likeness (QED) is 0.452. The van der Waals surface area contributed by atoms with Crippen molar-refractivity contribution in [2.75, 3.05) is 18.4 Å². The molecule has 0 atom stereocenters. The first-order chi connectivity index (χ1) is 18.1. The average Bonchev–Trinajstić information content (AvgIpc) is 3.24. The minimum atomic E-state index is -0.713. The number of aromatic nitrogens is 3. The number of benzene rings is 1. The molecule has 198 valence electrons. The van der Waals surface area contributed by atoms with Crippen molar-refractivity contribution in [3.05, 3.63) is 76.5 Å². The number of hydrogen-bond donors (Lipinski definition) is 1. The molecule has 8 nitrogen and oxygen atoms in total. The number of carbonyl (C=O) groups is 2. The van der Waals surface area contributed by atoms with Gasteiger partial charge in [0.05, 0.1) is 11.2 Å². The lowest BCUT2D eigenvalue weighted by Gasteiger charge is -2.33. The smallest absolute Gasteiger partial charge is 0.410 e. The number of nitrogens with zero attached hydrogens (tertiary/aromatic N) is 4. The van der Waals surface area contributed by atoms with Crippen LogP contribution in [-0.4, -0.2) is 50.4 Å². The maximum absolute atomic E-state index is 14.7. The lowest BCUT2D eigenvalue weighted by atomic mass is 9.97. The van der Waals surface area contributed by atoms with E-state index in [-0.39, 0.29) is 28.5 Å². The summed E-state index contributed by atoms with van der Waals surface area (Å²) in [5.74, 6) is 4.42. The average molecular weight is 538 g/mol. The van der Waals surface area contributed by atoms with E-state index < -0.39 is 17.3 Å². The molecule has 3 heterocycles. The summed E-state index contributed by atoms with van der Waals surface area (Å²) in [5, 5.41) is 6.89. The topological polar surface area (TPSA) is 89.4 Å². The molecule has 1 aromatic carbocycles. The number of anilines is 1. The summed E-state index contributed by atoms with van der Waals surface area (Å²) < 4.78 is 21.7. The maximum Gasteiger partial charge on any atom is 0.410 e. The highest BCUT2D eigenvalue weighted by atomic mass is 35.5. The van der Waals surface area contributed by atoms with E-state index in [2.05, 4.69) is 27.2 Å². The lowest BCUT2D eigenvalue weighted by molar-refractivity contribution is 0.0177. The summed E-state index contributed by atoms with van der Waals surface area (Å²) in [5.41, 5.74) is 0.746. The van der Waals surface area contributed by atoms with Crippen molar-refractivity contribution < 1.29 is 18.7 Å². The zero-order valence-corrected chi connectivity index (χ0v) is 22.3. The van der Waals surface area contributed by atoms with E-state index in [4.69, 9.17) is 16.3 Å². The molecule has 1 aliphatic rings. The van der Waals surface area contributed by atoms with Gasteiger partial charge in [0.2, 0.25) is 0 Å². The molecule has 0 aliphatic carbocycles. The summed E-state index contributed by atoms with van der Waals surface area (Å²) in [6.45, 7) is 7.03. The van der Waals surface area contributed by atoms with Crippen LogP contribution < -0.4 is 5.32 Å². The number of amides is 2. The van der Waals surface area contributed by atoms with E-state index >= 15 is 0 Å². The molecule has 1 aliphatic heterocycles. The molecular weight excluding hydrogens is 509 g/mol. The van der Waals surface area contributed by atoms with Crippen LogP contribution in [0.3, 0.4) is 0 Å². The van der Waals surface area contributed by atoms with Crippen LogP contribution in [0.1, 0.15) is 55.2 Å². The molecule has 1 fully saturated rings. The van der Waals surface area contributed by atoms with Gasteiger partial charge in [0.1, 0.15) is 11.3 Å². The molecule has 0 saturated carbocycles. The zero-order chi connectivity index (χ0) is 27.3. The second-order valence-corrected chi connectivity index (χ2v) is 10.5. The molecule has 1 N–H and O–H groups in total. The van der Waals surface area contributed by atoms with Crippen LogP contribution in [0, 0.1) is 23.6 Å². The standard InChI is InChI=1S/C28H29ClFN5O3/c1-28(2,3)38-27(37)34-13-11-20(12-14-34)18-35-24(22(29)17-32-35)26(36)33-25-23(30)15-21(16-31-25)10-9-19-7-5-4-6-8-19/h4-8,15-17,20H,11-14,18H2,1-3H3,(H,31,33,36). The first-order valence-electron chi connectivity index (χ1n) is 12.3. The van der Waals surface area contributed by atoms with Gasteiger partial charge >= 0.3 is 6.09 Å². The number of rotatable bonds is 4. The Morgan fingerprint density at radius 2 is 1.82 bits per heavy atom. The number of carbonyl (C=O) groups excluding carboxylic acids is 2. The summed E-state index contributed by atoms with van der Waals surface area (Å²) in [7, 11) is 0. The number of hydrogen-bond acceptors (Lipinski definition) is 5. The van der Waals surface area contributed by atoms with Crippen LogP contribution in [-0.2, 0) is 11.3 Å². The van der Waals surface area contributed by atoms with E-state index in [1.807, 2.05) is 51.1 Å². The Hall–Kier alpha value is -3.90. The minimum Gasteiger partial charge on any atom is -0.444 e. The predicted octanol–water partition coefficient (Wildman–Crippen LogP) is 5.37. The van der Waals surface area contributed by atoms with Gasteiger partial charge in [-0.15, -0.1) is 0 Å². The number of pyridine rings is 1. The van der Waals surface area contributed by atoms with Gasteiger partial charge in [0.15, 0.2) is 11.6 Å². The number of piperidine rings is 1. The number of likely N-dealkylation sites (tertiary alicyclic amines) is 1. The SMILES string of the molecule is CC(C)(C)OC(=O)N1CCC(Cn2ncc(Cl)c2C(=O)Nc2ncc(C#Cc3ccccc3)cc2F)CC1. The molecule has 3 aromatic rings. The number of nitrogens with one attached hydrogen (secondary N) is 1. The van der Waals surface area contributed by atoms with E-state index in [1.165, 1.54) is 23.1 Å². The molecule has 4 rings (SSSR count). The van der Waals surface area contributed by atoms with Gasteiger partial charge in [-0.05, 0) is 57.7 Å². The normalized spacial score (nSPS) is 14.0.